The molecule has 2 atom stereocenters. The lowest BCUT2D eigenvalue weighted by Crippen LogP contribution is -2.03. The maximum Gasteiger partial charge on any atom is 0.304 e. The number of hydrogen-bond acceptors (Lipinski definition) is 12. The molecule has 14 nitrogen and oxygen atoms in total. The average Bonchev–Trinajstić information content (AvgIpc) is 3.97. The van der Waals surface area contributed by atoms with Crippen molar-refractivity contribution in [2.45, 2.75) is 72.0 Å². The number of hydrogen-bond donors (Lipinski definition) is 4. The Kier molecular flexibility index (Phi) is 11.4. The van der Waals surface area contributed by atoms with E-state index >= 15 is 0 Å². The van der Waals surface area contributed by atoms with Gasteiger partial charge in [-0.3, -0.25) is 9.11 Å². The van der Waals surface area contributed by atoms with E-state index in [1.54, 1.807) is 24.3 Å². The van der Waals surface area contributed by atoms with Crippen molar-refractivity contribution in [2.24, 2.45) is 0 Å². The molecule has 6 heterocycles. The molecule has 8 aromatic rings. The van der Waals surface area contributed by atoms with Gasteiger partial charge in [0.05, 0.1) is 21.4 Å². The number of aromatic nitrogens is 4. The van der Waals surface area contributed by atoms with Gasteiger partial charge in [0.2, 0.25) is 0 Å². The number of aliphatic hydroxyl groups excluding tert-OH is 2. The summed E-state index contributed by atoms with van der Waals surface area (Å²) < 4.78 is 81.9. The maximum absolute atomic E-state index is 11.9. The average molecular weight is 949 g/mol. The smallest absolute Gasteiger partial charge is 0.304 e. The number of nitrogens with zero attached hydrogens (tertiary/aromatic N) is 4. The molecular weight excluding hydrogens is 918 g/mol. The molecule has 0 aliphatic carbocycles. The minimum atomic E-state index is -4.48. The Hall–Kier alpha value is -3.24. The van der Waals surface area contributed by atoms with Gasteiger partial charge in [-0.05, 0) is 49.2 Å². The van der Waals surface area contributed by atoms with Crippen molar-refractivity contribution in [1.29, 1.82) is 0 Å². The lowest BCUT2D eigenvalue weighted by molar-refractivity contribution is 0.156. The van der Waals surface area contributed by atoms with E-state index in [4.69, 9.17) is 55.2 Å². The first-order chi connectivity index (χ1) is 27.5. The Morgan fingerprint density at radius 1 is 0.603 bits per heavy atom. The van der Waals surface area contributed by atoms with Crippen molar-refractivity contribution >= 4 is 132 Å². The van der Waals surface area contributed by atoms with Gasteiger partial charge in [0.1, 0.15) is 55.2 Å². The molecule has 6 aromatic heterocycles. The summed E-state index contributed by atoms with van der Waals surface area (Å²) in [6.07, 6.45) is 3.38. The molecule has 0 saturated carbocycles. The Balaban J connectivity index is 0.906. The molecule has 4 N–H and O–H groups in total. The van der Waals surface area contributed by atoms with Crippen LogP contribution in [0.2, 0.25) is 20.1 Å². The highest BCUT2D eigenvalue weighted by molar-refractivity contribution is 7.88. The highest BCUT2D eigenvalue weighted by Crippen LogP contribution is 2.44. The van der Waals surface area contributed by atoms with Crippen molar-refractivity contribution in [3.05, 3.63) is 80.0 Å². The summed E-state index contributed by atoms with van der Waals surface area (Å²) in [5.74, 6) is 0. The first-order valence-corrected chi connectivity index (χ1v) is 23.6. The van der Waals surface area contributed by atoms with Crippen LogP contribution in [-0.4, -0.2) is 55.7 Å². The Bertz CT molecular complexity index is 2890. The number of benzene rings is 2. The number of thiophene rings is 2. The van der Waals surface area contributed by atoms with Gasteiger partial charge in [-0.25, -0.2) is 9.36 Å². The molecule has 0 spiro atoms. The van der Waals surface area contributed by atoms with Crippen LogP contribution in [0.3, 0.4) is 0 Å². The minimum absolute atomic E-state index is 0.212. The van der Waals surface area contributed by atoms with Crippen molar-refractivity contribution in [3.63, 3.8) is 0 Å². The lowest BCUT2D eigenvalue weighted by Gasteiger charge is -2.10. The maximum atomic E-state index is 11.9. The van der Waals surface area contributed by atoms with Crippen molar-refractivity contribution in [3.8, 4) is 11.4 Å². The van der Waals surface area contributed by atoms with Crippen LogP contribution in [0.1, 0.15) is 75.0 Å². The molecule has 0 aliphatic rings. The molecule has 0 saturated heterocycles. The van der Waals surface area contributed by atoms with Crippen LogP contribution in [0, 0.1) is 0 Å². The number of unbranched alkanes of at least 4 members (excludes halogenated alkanes) is 5. The number of fused-ring (bicyclic) bond motifs is 6. The van der Waals surface area contributed by atoms with E-state index in [2.05, 4.69) is 10.2 Å². The molecule has 22 heteroatoms. The van der Waals surface area contributed by atoms with Gasteiger partial charge in [-0.2, -0.15) is 27.0 Å². The molecule has 2 aromatic carbocycles. The summed E-state index contributed by atoms with van der Waals surface area (Å²) in [6.45, 7) is 0. The van der Waals surface area contributed by atoms with Crippen LogP contribution < -0.4 is 0 Å². The summed E-state index contributed by atoms with van der Waals surface area (Å²) in [5, 5.41) is 33.2. The fourth-order valence-electron chi connectivity index (χ4n) is 6.85. The third-order valence-electron chi connectivity index (χ3n) is 9.56. The monoisotopic (exact) mass is 946 g/mol. The second-order valence-electron chi connectivity index (χ2n) is 13.5. The number of rotatable bonds is 15. The van der Waals surface area contributed by atoms with Gasteiger partial charge < -0.3 is 19.0 Å². The largest absolute Gasteiger partial charge is 0.451 e. The second kappa shape index (κ2) is 16.0. The molecule has 0 fully saturated rings. The van der Waals surface area contributed by atoms with Gasteiger partial charge in [-0.1, -0.05) is 84.9 Å². The molecule has 0 amide bonds. The van der Waals surface area contributed by atoms with E-state index in [1.165, 1.54) is 33.6 Å². The Labute approximate surface area is 357 Å². The molecule has 306 valence electrons. The minimum Gasteiger partial charge on any atom is -0.451 e. The number of furan rings is 2. The molecular formula is C36H30Cl4N4O10S4. The highest BCUT2D eigenvalue weighted by atomic mass is 35.5. The third-order valence-corrected chi connectivity index (χ3v) is 15.5. The number of aliphatic hydroxyl groups is 2. The Morgan fingerprint density at radius 3 is 1.34 bits per heavy atom. The van der Waals surface area contributed by atoms with Crippen LogP contribution in [0.4, 0.5) is 0 Å². The molecule has 0 radical (unpaired) electrons. The molecule has 58 heavy (non-hydrogen) atoms. The summed E-state index contributed by atoms with van der Waals surface area (Å²) in [6, 6.07) is 12.1. The zero-order valence-electron chi connectivity index (χ0n) is 29.6. The number of halogens is 4. The highest BCUT2D eigenvalue weighted by Gasteiger charge is 2.30. The summed E-state index contributed by atoms with van der Waals surface area (Å²) in [5.41, 5.74) is 3.16. The summed E-state index contributed by atoms with van der Waals surface area (Å²) >= 11 is 26.9. The van der Waals surface area contributed by atoms with Crippen molar-refractivity contribution in [2.75, 3.05) is 0 Å². The normalized spacial score (nSPS) is 13.9. The van der Waals surface area contributed by atoms with Gasteiger partial charge in [-0.15, -0.1) is 22.7 Å². The zero-order valence-corrected chi connectivity index (χ0v) is 35.9. The quantitative estimate of drug-likeness (QED) is 0.0558. The van der Waals surface area contributed by atoms with E-state index in [1.807, 2.05) is 0 Å². The van der Waals surface area contributed by atoms with E-state index in [0.29, 0.717) is 67.5 Å². The predicted molar refractivity (Wildman–Crippen MR) is 224 cm³/mol. The predicted octanol–water partition coefficient (Wildman–Crippen LogP) is 11.0. The van der Waals surface area contributed by atoms with E-state index in [9.17, 15) is 36.2 Å². The second-order valence-corrected chi connectivity index (χ2v) is 20.6. The SMILES string of the molecule is O=S(=O)(O)c1cc2oc3c(C(O)CCCCCCCCC(O)c4nn(-c5ccc(Cl)cc5Cl)c5c4oc4cc(S(=O)(=O)O)sc45)nn(-c4ccc(Cl)cc4Cl)c3c2s1. The fraction of sp³-hybridized carbons (Fsp3) is 0.278. The molecule has 0 aliphatic heterocycles. The van der Waals surface area contributed by atoms with Crippen LogP contribution in [0.5, 0.6) is 0 Å². The third kappa shape index (κ3) is 7.90. The van der Waals surface area contributed by atoms with Crippen LogP contribution in [-0.2, 0) is 20.2 Å². The lowest BCUT2D eigenvalue weighted by atomic mass is 10.0. The first kappa shape index (κ1) is 41.5. The van der Waals surface area contributed by atoms with Gasteiger partial charge in [0.15, 0.2) is 19.6 Å². The van der Waals surface area contributed by atoms with E-state index in [-0.39, 0.29) is 52.2 Å². The van der Waals surface area contributed by atoms with E-state index in [0.717, 1.165) is 48.4 Å². The molecule has 0 bridgehead atoms. The Morgan fingerprint density at radius 2 is 0.983 bits per heavy atom. The van der Waals surface area contributed by atoms with Crippen LogP contribution >= 0.6 is 69.1 Å². The van der Waals surface area contributed by atoms with E-state index < -0.39 is 32.4 Å². The molecule has 2 unspecified atom stereocenters. The van der Waals surface area contributed by atoms with Crippen LogP contribution in [0.25, 0.3) is 54.1 Å². The molecule has 8 rings (SSSR count). The van der Waals surface area contributed by atoms with Crippen molar-refractivity contribution < 1.29 is 45.0 Å². The topological polar surface area (TPSA) is 211 Å². The standard InChI is InChI=1S/C36H30Cl4N4O10S4/c37-17-9-11-21(19(39)13-17)43-31-33(53-25-15-27(55-35(25)31)57(47,48)49)29(41-43)23(45)7-5-3-1-2-4-6-8-24(46)30-34-32(36-26(54-34)16-28(56-36)58(50,51)52)44(42-30)22-12-10-18(38)14-20(22)40/h9-16,23-24,45-46H,1-8H2,(H,47,48,49)(H,50,51,52). The first-order valence-electron chi connectivity index (χ1n) is 17.6. The van der Waals surface area contributed by atoms with Gasteiger partial charge >= 0.3 is 20.2 Å². The summed E-state index contributed by atoms with van der Waals surface area (Å²) in [7, 11) is -8.97. The van der Waals surface area contributed by atoms with Crippen LogP contribution in [0.15, 0.2) is 65.8 Å². The summed E-state index contributed by atoms with van der Waals surface area (Å²) in [4.78, 5) is 0. The zero-order chi connectivity index (χ0) is 41.3. The van der Waals surface area contributed by atoms with Gasteiger partial charge in [0.25, 0.3) is 0 Å². The van der Waals surface area contributed by atoms with Crippen molar-refractivity contribution in [1.82, 2.24) is 19.6 Å². The van der Waals surface area contributed by atoms with Gasteiger partial charge in [0, 0.05) is 22.2 Å². The fourth-order valence-corrected chi connectivity index (χ4v) is 11.4.